The third-order valence-corrected chi connectivity index (χ3v) is 3.98. The van der Waals surface area contributed by atoms with Gasteiger partial charge in [-0.15, -0.1) is 0 Å². The van der Waals surface area contributed by atoms with E-state index in [1.54, 1.807) is 18.2 Å². The molecule has 0 unspecified atom stereocenters. The minimum absolute atomic E-state index is 0.170. The normalized spacial score (nSPS) is 11.6. The minimum Gasteiger partial charge on any atom is -0.490 e. The molecule has 138 valence electrons. The van der Waals surface area contributed by atoms with Crippen LogP contribution in [0.5, 0.6) is 11.5 Å². The highest BCUT2D eigenvalue weighted by atomic mass is 16.5. The standard InChI is InChI=1S/C21H20N2O4/c1-3-25-20-10-15(12-22)8-9-18(20)26-13-21(24)23-14(2)19-11-16-6-4-5-7-17(16)27-19/h4-11,14H,3,13H2,1-2H3,(H,23,24)/t14-/m0/s1. The average molecular weight is 364 g/mol. The van der Waals surface area contributed by atoms with Gasteiger partial charge in [0.15, 0.2) is 18.1 Å². The number of nitrogens with one attached hydrogen (secondary N) is 1. The summed E-state index contributed by atoms with van der Waals surface area (Å²) >= 11 is 0. The van der Waals surface area contributed by atoms with Crippen molar-refractivity contribution in [2.24, 2.45) is 0 Å². The molecule has 0 radical (unpaired) electrons. The number of amides is 1. The van der Waals surface area contributed by atoms with Gasteiger partial charge in [0.05, 0.1) is 24.3 Å². The van der Waals surface area contributed by atoms with E-state index in [-0.39, 0.29) is 18.6 Å². The highest BCUT2D eigenvalue weighted by Crippen LogP contribution is 2.28. The Kier molecular flexibility index (Phi) is 5.62. The van der Waals surface area contributed by atoms with E-state index in [1.165, 1.54) is 0 Å². The van der Waals surface area contributed by atoms with Crippen LogP contribution in [0, 0.1) is 11.3 Å². The summed E-state index contributed by atoms with van der Waals surface area (Å²) in [5.74, 6) is 1.25. The smallest absolute Gasteiger partial charge is 0.258 e. The summed E-state index contributed by atoms with van der Waals surface area (Å²) in [5.41, 5.74) is 1.25. The fourth-order valence-corrected chi connectivity index (χ4v) is 2.68. The van der Waals surface area contributed by atoms with E-state index in [1.807, 2.05) is 50.2 Å². The van der Waals surface area contributed by atoms with E-state index >= 15 is 0 Å². The molecule has 27 heavy (non-hydrogen) atoms. The van der Waals surface area contributed by atoms with Gasteiger partial charge >= 0.3 is 0 Å². The van der Waals surface area contributed by atoms with Gasteiger partial charge in [0.1, 0.15) is 11.3 Å². The predicted octanol–water partition coefficient (Wildman–Crippen LogP) is 3.96. The fraction of sp³-hybridized carbons (Fsp3) is 0.238. The zero-order valence-corrected chi connectivity index (χ0v) is 15.2. The maximum Gasteiger partial charge on any atom is 0.258 e. The van der Waals surface area contributed by atoms with Crippen molar-refractivity contribution in [2.45, 2.75) is 19.9 Å². The average Bonchev–Trinajstić information content (AvgIpc) is 3.11. The van der Waals surface area contributed by atoms with Crippen LogP contribution in [-0.2, 0) is 4.79 Å². The van der Waals surface area contributed by atoms with Crippen molar-refractivity contribution in [2.75, 3.05) is 13.2 Å². The van der Waals surface area contributed by atoms with Gasteiger partial charge in [-0.05, 0) is 38.1 Å². The van der Waals surface area contributed by atoms with E-state index < -0.39 is 0 Å². The lowest BCUT2D eigenvalue weighted by Gasteiger charge is -2.14. The quantitative estimate of drug-likeness (QED) is 0.686. The fourth-order valence-electron chi connectivity index (χ4n) is 2.68. The SMILES string of the molecule is CCOc1cc(C#N)ccc1OCC(=O)N[C@@H](C)c1cc2ccccc2o1. The molecule has 0 bridgehead atoms. The molecule has 6 nitrogen and oxygen atoms in total. The number of carbonyl (C=O) groups excluding carboxylic acids is 1. The first-order valence-electron chi connectivity index (χ1n) is 8.68. The lowest BCUT2D eigenvalue weighted by atomic mass is 10.2. The number of nitrogens with zero attached hydrogens (tertiary/aromatic N) is 1. The van der Waals surface area contributed by atoms with Crippen LogP contribution in [0.25, 0.3) is 11.0 Å². The molecule has 1 atom stereocenters. The molecule has 3 rings (SSSR count). The van der Waals surface area contributed by atoms with Gasteiger partial charge in [0, 0.05) is 11.5 Å². The summed E-state index contributed by atoms with van der Waals surface area (Å²) in [5, 5.41) is 12.8. The topological polar surface area (TPSA) is 84.5 Å². The Morgan fingerprint density at radius 2 is 2.00 bits per heavy atom. The lowest BCUT2D eigenvalue weighted by Crippen LogP contribution is -2.31. The first-order valence-corrected chi connectivity index (χ1v) is 8.68. The number of nitriles is 1. The molecule has 0 spiro atoms. The Bertz CT molecular complexity index is 954. The second-order valence-electron chi connectivity index (χ2n) is 5.97. The molecule has 0 aliphatic carbocycles. The Balaban J connectivity index is 1.61. The molecule has 6 heteroatoms. The summed E-state index contributed by atoms with van der Waals surface area (Å²) in [6.45, 7) is 3.95. The van der Waals surface area contributed by atoms with Gasteiger partial charge in [-0.25, -0.2) is 0 Å². The molecule has 1 heterocycles. The Labute approximate surface area is 157 Å². The van der Waals surface area contributed by atoms with Crippen molar-refractivity contribution in [3.05, 3.63) is 59.9 Å². The van der Waals surface area contributed by atoms with Gasteiger partial charge in [0.2, 0.25) is 0 Å². The number of carbonyl (C=O) groups is 1. The molecule has 1 N–H and O–H groups in total. The molecule has 1 aromatic heterocycles. The molecule has 0 fully saturated rings. The van der Waals surface area contributed by atoms with Crippen molar-refractivity contribution in [1.29, 1.82) is 5.26 Å². The van der Waals surface area contributed by atoms with E-state index in [0.29, 0.717) is 29.4 Å². The number of ether oxygens (including phenoxy) is 2. The molecule has 2 aromatic carbocycles. The largest absolute Gasteiger partial charge is 0.490 e. The van der Waals surface area contributed by atoms with Gasteiger partial charge in [-0.2, -0.15) is 5.26 Å². The van der Waals surface area contributed by atoms with E-state index in [0.717, 1.165) is 11.0 Å². The number of furan rings is 1. The minimum atomic E-state index is -0.291. The number of benzene rings is 2. The second-order valence-corrected chi connectivity index (χ2v) is 5.97. The van der Waals surface area contributed by atoms with Crippen molar-refractivity contribution in [1.82, 2.24) is 5.32 Å². The van der Waals surface area contributed by atoms with Crippen LogP contribution in [0.3, 0.4) is 0 Å². The zero-order valence-electron chi connectivity index (χ0n) is 15.2. The maximum atomic E-state index is 12.2. The summed E-state index contributed by atoms with van der Waals surface area (Å²) in [7, 11) is 0. The van der Waals surface area contributed by atoms with Gasteiger partial charge < -0.3 is 19.2 Å². The van der Waals surface area contributed by atoms with Crippen molar-refractivity contribution < 1.29 is 18.7 Å². The molecule has 0 aliphatic heterocycles. The predicted molar refractivity (Wildman–Crippen MR) is 101 cm³/mol. The number of hydrogen-bond acceptors (Lipinski definition) is 5. The highest BCUT2D eigenvalue weighted by molar-refractivity contribution is 5.80. The van der Waals surface area contributed by atoms with Crippen molar-refractivity contribution in [3.63, 3.8) is 0 Å². The van der Waals surface area contributed by atoms with Crippen molar-refractivity contribution in [3.8, 4) is 17.6 Å². The third-order valence-electron chi connectivity index (χ3n) is 3.98. The summed E-state index contributed by atoms with van der Waals surface area (Å²) in [4.78, 5) is 12.2. The molecule has 0 aliphatic rings. The van der Waals surface area contributed by atoms with Crippen LogP contribution >= 0.6 is 0 Å². The summed E-state index contributed by atoms with van der Waals surface area (Å²) < 4.78 is 16.8. The Hall–Kier alpha value is -3.46. The van der Waals surface area contributed by atoms with Crippen LogP contribution in [0.4, 0.5) is 0 Å². The molecule has 0 saturated carbocycles. The molecule has 3 aromatic rings. The number of fused-ring (bicyclic) bond motifs is 1. The molecule has 0 saturated heterocycles. The summed E-state index contributed by atoms with van der Waals surface area (Å²) in [6.07, 6.45) is 0. The lowest BCUT2D eigenvalue weighted by molar-refractivity contribution is -0.123. The van der Waals surface area contributed by atoms with E-state index in [4.69, 9.17) is 19.2 Å². The van der Waals surface area contributed by atoms with Crippen LogP contribution in [0.15, 0.2) is 52.9 Å². The highest BCUT2D eigenvalue weighted by Gasteiger charge is 2.15. The first kappa shape index (κ1) is 18.3. The van der Waals surface area contributed by atoms with Gasteiger partial charge in [-0.3, -0.25) is 4.79 Å². The van der Waals surface area contributed by atoms with Gasteiger partial charge in [0.25, 0.3) is 5.91 Å². The first-order chi connectivity index (χ1) is 13.1. The van der Waals surface area contributed by atoms with Crippen LogP contribution in [0.1, 0.15) is 31.2 Å². The Morgan fingerprint density at radius 1 is 1.19 bits per heavy atom. The number of rotatable bonds is 7. The number of hydrogen-bond donors (Lipinski definition) is 1. The maximum absolute atomic E-state index is 12.2. The molecular weight excluding hydrogens is 344 g/mol. The van der Waals surface area contributed by atoms with Crippen LogP contribution in [0.2, 0.25) is 0 Å². The second kappa shape index (κ2) is 8.28. The van der Waals surface area contributed by atoms with E-state index in [2.05, 4.69) is 5.32 Å². The Morgan fingerprint density at radius 3 is 2.74 bits per heavy atom. The van der Waals surface area contributed by atoms with Gasteiger partial charge in [-0.1, -0.05) is 18.2 Å². The van der Waals surface area contributed by atoms with Crippen LogP contribution < -0.4 is 14.8 Å². The monoisotopic (exact) mass is 364 g/mol. The third kappa shape index (κ3) is 4.39. The van der Waals surface area contributed by atoms with Crippen LogP contribution in [-0.4, -0.2) is 19.1 Å². The molecule has 1 amide bonds. The zero-order chi connectivity index (χ0) is 19.2. The summed E-state index contributed by atoms with van der Waals surface area (Å²) in [6, 6.07) is 16.2. The van der Waals surface area contributed by atoms with E-state index in [9.17, 15) is 4.79 Å². The molecular formula is C21H20N2O4. The number of para-hydroxylation sites is 1. The van der Waals surface area contributed by atoms with Crippen molar-refractivity contribution >= 4 is 16.9 Å².